The Morgan fingerprint density at radius 2 is 2.16 bits per heavy atom. The highest BCUT2D eigenvalue weighted by atomic mass is 127. The van der Waals surface area contributed by atoms with E-state index in [9.17, 15) is 0 Å². The number of nitrogens with zero attached hydrogens (tertiary/aromatic N) is 3. The van der Waals surface area contributed by atoms with Crippen molar-refractivity contribution in [3.8, 4) is 0 Å². The third kappa shape index (κ3) is 6.42. The molecule has 1 aliphatic rings. The molecule has 1 heterocycles. The van der Waals surface area contributed by atoms with E-state index in [-0.39, 0.29) is 30.1 Å². The molecule has 0 spiro atoms. The molecular weight excluding hydrogens is 427 g/mol. The van der Waals surface area contributed by atoms with Gasteiger partial charge in [-0.15, -0.1) is 24.0 Å². The van der Waals surface area contributed by atoms with Gasteiger partial charge in [0, 0.05) is 26.7 Å². The van der Waals surface area contributed by atoms with E-state index in [1.54, 1.807) is 0 Å². The summed E-state index contributed by atoms with van der Waals surface area (Å²) in [7, 11) is 3.99. The smallest absolute Gasteiger partial charge is 0.193 e. The zero-order valence-corrected chi connectivity index (χ0v) is 18.5. The molecule has 2 rings (SSSR count). The van der Waals surface area contributed by atoms with E-state index in [1.807, 2.05) is 7.05 Å². The number of hydrogen-bond donors (Lipinski definition) is 1. The zero-order valence-electron chi connectivity index (χ0n) is 16.2. The summed E-state index contributed by atoms with van der Waals surface area (Å²) >= 11 is 0. The minimum Gasteiger partial charge on any atom is -0.370 e. The number of aryl methyl sites for hydroxylation is 2. The Kier molecular flexibility index (Phi) is 9.74. The number of morpholine rings is 1. The molecule has 0 radical (unpaired) electrons. The molecule has 1 fully saturated rings. The van der Waals surface area contributed by atoms with Gasteiger partial charge in [-0.2, -0.15) is 0 Å². The number of rotatable bonds is 5. The molecule has 25 heavy (non-hydrogen) atoms. The van der Waals surface area contributed by atoms with Gasteiger partial charge in [-0.1, -0.05) is 30.7 Å². The van der Waals surface area contributed by atoms with Gasteiger partial charge < -0.3 is 19.9 Å². The largest absolute Gasteiger partial charge is 0.370 e. The first-order valence-electron chi connectivity index (χ1n) is 8.88. The van der Waals surface area contributed by atoms with Crippen molar-refractivity contribution in [3.05, 3.63) is 34.9 Å². The van der Waals surface area contributed by atoms with Crippen molar-refractivity contribution >= 4 is 29.9 Å². The number of benzene rings is 1. The summed E-state index contributed by atoms with van der Waals surface area (Å²) in [6.45, 7) is 11.9. The summed E-state index contributed by atoms with van der Waals surface area (Å²) in [5.41, 5.74) is 3.88. The molecule has 1 aromatic carbocycles. The van der Waals surface area contributed by atoms with Gasteiger partial charge in [0.2, 0.25) is 0 Å². The molecule has 1 unspecified atom stereocenters. The van der Waals surface area contributed by atoms with Crippen LogP contribution in [0, 0.1) is 13.8 Å². The van der Waals surface area contributed by atoms with Crippen molar-refractivity contribution in [1.82, 2.24) is 15.1 Å². The molecule has 5 nitrogen and oxygen atoms in total. The van der Waals surface area contributed by atoms with Crippen molar-refractivity contribution in [2.75, 3.05) is 53.4 Å². The van der Waals surface area contributed by atoms with E-state index in [0.717, 1.165) is 45.3 Å². The van der Waals surface area contributed by atoms with Crippen LogP contribution in [0.4, 0.5) is 0 Å². The lowest BCUT2D eigenvalue weighted by Crippen LogP contribution is -2.49. The van der Waals surface area contributed by atoms with Gasteiger partial charge in [-0.3, -0.25) is 4.99 Å². The van der Waals surface area contributed by atoms with E-state index in [2.05, 4.69) is 66.1 Å². The SMILES string of the molecule is CCN(C)CCNC(=NC)N1CCOC(c2ccc(C)cc2C)C1.I. The molecule has 6 heteroatoms. The fourth-order valence-electron chi connectivity index (χ4n) is 3.07. The Hall–Kier alpha value is -0.860. The molecule has 1 atom stereocenters. The van der Waals surface area contributed by atoms with Gasteiger partial charge in [-0.25, -0.2) is 0 Å². The second-order valence-electron chi connectivity index (χ2n) is 6.54. The Balaban J connectivity index is 0.00000312. The van der Waals surface area contributed by atoms with Crippen LogP contribution in [0.25, 0.3) is 0 Å². The molecule has 0 bridgehead atoms. The average Bonchev–Trinajstić information content (AvgIpc) is 2.58. The molecule has 0 saturated carbocycles. The Morgan fingerprint density at radius 3 is 2.80 bits per heavy atom. The Bertz CT molecular complexity index is 564. The lowest BCUT2D eigenvalue weighted by molar-refractivity contribution is -0.00833. The molecule has 0 aromatic heterocycles. The Labute approximate surface area is 169 Å². The highest BCUT2D eigenvalue weighted by Gasteiger charge is 2.25. The summed E-state index contributed by atoms with van der Waals surface area (Å²) in [6.07, 6.45) is 0.108. The van der Waals surface area contributed by atoms with E-state index in [1.165, 1.54) is 16.7 Å². The monoisotopic (exact) mass is 460 g/mol. The van der Waals surface area contributed by atoms with Crippen LogP contribution in [-0.4, -0.2) is 69.2 Å². The lowest BCUT2D eigenvalue weighted by Gasteiger charge is -2.36. The number of likely N-dealkylation sites (N-methyl/N-ethyl adjacent to an activating group) is 1. The molecular formula is C19H33IN4O. The number of halogens is 1. The number of aliphatic imine (C=N–C) groups is 1. The van der Waals surface area contributed by atoms with Crippen molar-refractivity contribution < 1.29 is 4.74 Å². The minimum atomic E-state index is 0. The third-order valence-electron chi connectivity index (χ3n) is 4.67. The predicted molar refractivity (Wildman–Crippen MR) is 116 cm³/mol. The van der Waals surface area contributed by atoms with Gasteiger partial charge >= 0.3 is 0 Å². The molecule has 142 valence electrons. The summed E-state index contributed by atoms with van der Waals surface area (Å²) in [4.78, 5) is 9.05. The molecule has 1 N–H and O–H groups in total. The summed E-state index contributed by atoms with van der Waals surface area (Å²) < 4.78 is 6.04. The fraction of sp³-hybridized carbons (Fsp3) is 0.632. The first kappa shape index (κ1) is 22.2. The molecule has 1 saturated heterocycles. The van der Waals surface area contributed by atoms with Crippen LogP contribution in [0.1, 0.15) is 29.7 Å². The van der Waals surface area contributed by atoms with Crippen molar-refractivity contribution in [1.29, 1.82) is 0 Å². The number of ether oxygens (including phenoxy) is 1. The maximum Gasteiger partial charge on any atom is 0.193 e. The second kappa shape index (κ2) is 11.0. The lowest BCUT2D eigenvalue weighted by atomic mass is 10.00. The van der Waals surface area contributed by atoms with Crippen molar-refractivity contribution in [2.45, 2.75) is 26.9 Å². The summed E-state index contributed by atoms with van der Waals surface area (Å²) in [5.74, 6) is 0.970. The molecule has 1 aliphatic heterocycles. The third-order valence-corrected chi connectivity index (χ3v) is 4.67. The van der Waals surface area contributed by atoms with Crippen molar-refractivity contribution in [3.63, 3.8) is 0 Å². The molecule has 1 aromatic rings. The van der Waals surface area contributed by atoms with Crippen LogP contribution in [0.2, 0.25) is 0 Å². The second-order valence-corrected chi connectivity index (χ2v) is 6.54. The highest BCUT2D eigenvalue weighted by molar-refractivity contribution is 14.0. The fourth-order valence-corrected chi connectivity index (χ4v) is 3.07. The quantitative estimate of drug-likeness (QED) is 0.417. The van der Waals surface area contributed by atoms with Crippen LogP contribution in [-0.2, 0) is 4.74 Å². The Morgan fingerprint density at radius 1 is 1.40 bits per heavy atom. The van der Waals surface area contributed by atoms with E-state index >= 15 is 0 Å². The van der Waals surface area contributed by atoms with E-state index < -0.39 is 0 Å². The maximum absolute atomic E-state index is 6.04. The van der Waals surface area contributed by atoms with Gasteiger partial charge in [0.25, 0.3) is 0 Å². The van der Waals surface area contributed by atoms with Crippen LogP contribution in [0.3, 0.4) is 0 Å². The highest BCUT2D eigenvalue weighted by Crippen LogP contribution is 2.25. The van der Waals surface area contributed by atoms with Gasteiger partial charge in [0.1, 0.15) is 6.10 Å². The van der Waals surface area contributed by atoms with Gasteiger partial charge in [-0.05, 0) is 38.6 Å². The van der Waals surface area contributed by atoms with E-state index in [0.29, 0.717) is 0 Å². The van der Waals surface area contributed by atoms with Gasteiger partial charge in [0.05, 0.1) is 13.2 Å². The topological polar surface area (TPSA) is 40.1 Å². The normalized spacial score (nSPS) is 18.2. The van der Waals surface area contributed by atoms with Crippen molar-refractivity contribution in [2.24, 2.45) is 4.99 Å². The van der Waals surface area contributed by atoms with Crippen LogP contribution in [0.5, 0.6) is 0 Å². The first-order valence-corrected chi connectivity index (χ1v) is 8.88. The standard InChI is InChI=1S/C19H32N4O.HI/c1-6-22(5)10-9-21-19(20-4)23-11-12-24-18(14-23)17-8-7-15(2)13-16(17)3;/h7-8,13,18H,6,9-12,14H2,1-5H3,(H,20,21);1H. The molecule has 0 amide bonds. The maximum atomic E-state index is 6.04. The van der Waals surface area contributed by atoms with Crippen LogP contribution in [0.15, 0.2) is 23.2 Å². The van der Waals surface area contributed by atoms with Crippen LogP contribution < -0.4 is 5.32 Å². The number of hydrogen-bond acceptors (Lipinski definition) is 3. The first-order chi connectivity index (χ1) is 11.5. The van der Waals surface area contributed by atoms with Gasteiger partial charge in [0.15, 0.2) is 5.96 Å². The average molecular weight is 460 g/mol. The predicted octanol–water partition coefficient (Wildman–Crippen LogP) is 2.82. The van der Waals surface area contributed by atoms with Crippen LogP contribution >= 0.6 is 24.0 Å². The number of guanidine groups is 1. The summed E-state index contributed by atoms with van der Waals surface area (Å²) in [5, 5.41) is 3.48. The minimum absolute atomic E-state index is 0. The summed E-state index contributed by atoms with van der Waals surface area (Å²) in [6, 6.07) is 6.59. The number of nitrogens with one attached hydrogen (secondary N) is 1. The zero-order chi connectivity index (χ0) is 17.5. The molecule has 0 aliphatic carbocycles. The van der Waals surface area contributed by atoms with E-state index in [4.69, 9.17) is 4.74 Å².